The van der Waals surface area contributed by atoms with Crippen LogP contribution in [0.4, 0.5) is 11.6 Å². The number of carbonyl (C=O) groups excluding carboxylic acids is 1. The van der Waals surface area contributed by atoms with Gasteiger partial charge in [0.15, 0.2) is 5.78 Å². The maximum Gasteiger partial charge on any atom is 0.231 e. The zero-order valence-electron chi connectivity index (χ0n) is 13.0. The molecular weight excluding hydrogens is 326 g/mol. The summed E-state index contributed by atoms with van der Waals surface area (Å²) in [5.41, 5.74) is 2.17. The van der Waals surface area contributed by atoms with Crippen molar-refractivity contribution in [3.05, 3.63) is 53.2 Å². The molecule has 1 aromatic heterocycles. The number of halogens is 1. The summed E-state index contributed by atoms with van der Waals surface area (Å²) in [6, 6.07) is 13.0. The molecule has 0 saturated carbocycles. The molecule has 6 heteroatoms. The third-order valence-corrected chi connectivity index (χ3v) is 4.43. The number of methoxy groups -OCH3 is 1. The molecule has 1 aliphatic heterocycles. The largest absolute Gasteiger partial charge is 0.497 e. The lowest BCUT2D eigenvalue weighted by atomic mass is 10.0. The minimum Gasteiger partial charge on any atom is -0.497 e. The first-order valence-electron chi connectivity index (χ1n) is 7.58. The second-order valence-corrected chi connectivity index (χ2v) is 5.90. The van der Waals surface area contributed by atoms with Gasteiger partial charge < -0.3 is 9.64 Å². The van der Waals surface area contributed by atoms with Gasteiger partial charge in [0.2, 0.25) is 5.95 Å². The number of benzene rings is 2. The van der Waals surface area contributed by atoms with E-state index in [1.165, 1.54) is 0 Å². The number of ketones is 1. The molecule has 0 amide bonds. The number of hydrogen-bond donors (Lipinski definition) is 0. The molecule has 24 heavy (non-hydrogen) atoms. The first-order valence-corrected chi connectivity index (χ1v) is 7.96. The van der Waals surface area contributed by atoms with Gasteiger partial charge in [0.25, 0.3) is 0 Å². The van der Waals surface area contributed by atoms with Crippen LogP contribution in [0.25, 0.3) is 10.9 Å². The van der Waals surface area contributed by atoms with Gasteiger partial charge >= 0.3 is 0 Å². The van der Waals surface area contributed by atoms with Crippen molar-refractivity contribution < 1.29 is 9.53 Å². The molecule has 0 saturated heterocycles. The van der Waals surface area contributed by atoms with Gasteiger partial charge in [-0.2, -0.15) is 4.98 Å². The van der Waals surface area contributed by atoms with Gasteiger partial charge in [0, 0.05) is 23.9 Å². The van der Waals surface area contributed by atoms with Crippen molar-refractivity contribution in [3.63, 3.8) is 0 Å². The van der Waals surface area contributed by atoms with Crippen LogP contribution < -0.4 is 9.64 Å². The molecule has 2 aromatic carbocycles. The van der Waals surface area contributed by atoms with Crippen molar-refractivity contribution >= 4 is 39.9 Å². The van der Waals surface area contributed by atoms with Crippen molar-refractivity contribution in [1.82, 2.24) is 9.97 Å². The quantitative estimate of drug-likeness (QED) is 0.660. The molecule has 0 atom stereocenters. The third kappa shape index (κ3) is 2.37. The highest BCUT2D eigenvalue weighted by atomic mass is 35.5. The van der Waals surface area contributed by atoms with Gasteiger partial charge in [0.1, 0.15) is 10.9 Å². The highest BCUT2D eigenvalue weighted by Crippen LogP contribution is 2.35. The molecule has 0 aliphatic carbocycles. The molecule has 0 N–H and O–H groups in total. The number of aromatic nitrogens is 2. The van der Waals surface area contributed by atoms with Crippen LogP contribution in [0.1, 0.15) is 16.8 Å². The molecule has 3 aromatic rings. The molecule has 0 spiro atoms. The number of nitrogens with zero attached hydrogens (tertiary/aromatic N) is 3. The van der Waals surface area contributed by atoms with Gasteiger partial charge in [-0.05, 0) is 30.3 Å². The average Bonchev–Trinajstić information content (AvgIpc) is 2.62. The third-order valence-electron chi connectivity index (χ3n) is 4.14. The molecule has 0 radical (unpaired) electrons. The second-order valence-electron chi connectivity index (χ2n) is 5.54. The van der Waals surface area contributed by atoms with E-state index in [4.69, 9.17) is 16.3 Å². The molecule has 1 aliphatic rings. The number of para-hydroxylation sites is 1. The number of fused-ring (bicyclic) bond motifs is 2. The van der Waals surface area contributed by atoms with Crippen LogP contribution in [-0.2, 0) is 0 Å². The van der Waals surface area contributed by atoms with E-state index in [1.54, 1.807) is 13.2 Å². The van der Waals surface area contributed by atoms with E-state index in [2.05, 4.69) is 9.97 Å². The first-order chi connectivity index (χ1) is 11.7. The van der Waals surface area contributed by atoms with Crippen molar-refractivity contribution in [2.24, 2.45) is 0 Å². The number of anilines is 2. The van der Waals surface area contributed by atoms with Crippen molar-refractivity contribution in [2.45, 2.75) is 6.42 Å². The van der Waals surface area contributed by atoms with Crippen LogP contribution in [-0.4, -0.2) is 29.4 Å². The molecular formula is C18H14ClN3O2. The fourth-order valence-electron chi connectivity index (χ4n) is 2.92. The lowest BCUT2D eigenvalue weighted by molar-refractivity contribution is 0.0981. The van der Waals surface area contributed by atoms with Crippen LogP contribution in [0.5, 0.6) is 5.75 Å². The Kier molecular flexibility index (Phi) is 3.58. The zero-order chi connectivity index (χ0) is 16.7. The first kappa shape index (κ1) is 14.9. The van der Waals surface area contributed by atoms with E-state index >= 15 is 0 Å². The van der Waals surface area contributed by atoms with Crippen molar-refractivity contribution in [1.29, 1.82) is 0 Å². The Morgan fingerprint density at radius 2 is 2.00 bits per heavy atom. The molecule has 0 fully saturated rings. The van der Waals surface area contributed by atoms with Crippen LogP contribution >= 0.6 is 11.6 Å². The predicted molar refractivity (Wildman–Crippen MR) is 93.5 cm³/mol. The predicted octanol–water partition coefficient (Wildman–Crippen LogP) is 4.02. The fourth-order valence-corrected chi connectivity index (χ4v) is 3.16. The number of Topliss-reactive ketones (excluding diaryl/α,β-unsaturated/α-hetero) is 1. The molecule has 5 nitrogen and oxygen atoms in total. The summed E-state index contributed by atoms with van der Waals surface area (Å²) < 4.78 is 5.22. The molecule has 0 unspecified atom stereocenters. The van der Waals surface area contributed by atoms with E-state index in [0.717, 1.165) is 16.6 Å². The topological polar surface area (TPSA) is 55.3 Å². The zero-order valence-corrected chi connectivity index (χ0v) is 13.7. The second kappa shape index (κ2) is 5.76. The molecule has 120 valence electrons. The van der Waals surface area contributed by atoms with E-state index in [9.17, 15) is 4.79 Å². The van der Waals surface area contributed by atoms with Gasteiger partial charge in [-0.15, -0.1) is 0 Å². The highest BCUT2D eigenvalue weighted by molar-refractivity contribution is 6.34. The van der Waals surface area contributed by atoms with Crippen molar-refractivity contribution in [3.8, 4) is 5.75 Å². The van der Waals surface area contributed by atoms with E-state index in [1.807, 2.05) is 41.3 Å². The summed E-state index contributed by atoms with van der Waals surface area (Å²) in [4.78, 5) is 23.2. The van der Waals surface area contributed by atoms with Gasteiger partial charge in [-0.25, -0.2) is 4.98 Å². The summed E-state index contributed by atoms with van der Waals surface area (Å²) in [7, 11) is 1.58. The van der Waals surface area contributed by atoms with E-state index in [-0.39, 0.29) is 5.78 Å². The number of carbonyl (C=O) groups is 1. The van der Waals surface area contributed by atoms with E-state index < -0.39 is 0 Å². The smallest absolute Gasteiger partial charge is 0.231 e. The minimum atomic E-state index is 0.0898. The summed E-state index contributed by atoms with van der Waals surface area (Å²) in [5, 5.41) is 1.22. The lowest BCUT2D eigenvalue weighted by Crippen LogP contribution is -2.29. The standard InChI is InChI=1S/C18H14ClN3O2/c1-24-11-6-7-15-13(10-11)16(23)8-9-22(15)18-20-14-5-3-2-4-12(14)17(19)21-18/h2-7,10H,8-9H2,1H3. The molecule has 2 heterocycles. The summed E-state index contributed by atoms with van der Waals surface area (Å²) >= 11 is 6.32. The Morgan fingerprint density at radius 3 is 2.83 bits per heavy atom. The van der Waals surface area contributed by atoms with E-state index in [0.29, 0.717) is 35.4 Å². The fraction of sp³-hybridized carbons (Fsp3) is 0.167. The Balaban J connectivity index is 1.86. The highest BCUT2D eigenvalue weighted by Gasteiger charge is 2.26. The Hall–Kier alpha value is -2.66. The Labute approximate surface area is 143 Å². The number of hydrogen-bond acceptors (Lipinski definition) is 5. The van der Waals surface area contributed by atoms with Crippen molar-refractivity contribution in [2.75, 3.05) is 18.6 Å². The number of rotatable bonds is 2. The van der Waals surface area contributed by atoms with Crippen LogP contribution in [0.3, 0.4) is 0 Å². The van der Waals surface area contributed by atoms with Gasteiger partial charge in [0.05, 0.1) is 18.3 Å². The molecule has 0 bridgehead atoms. The van der Waals surface area contributed by atoms with Crippen LogP contribution in [0.2, 0.25) is 5.15 Å². The van der Waals surface area contributed by atoms with Crippen LogP contribution in [0.15, 0.2) is 42.5 Å². The maximum absolute atomic E-state index is 12.3. The Morgan fingerprint density at radius 1 is 1.17 bits per heavy atom. The summed E-state index contributed by atoms with van der Waals surface area (Å²) in [6.45, 7) is 0.521. The Bertz CT molecular complexity index is 958. The molecule has 4 rings (SSSR count). The van der Waals surface area contributed by atoms with Gasteiger partial charge in [-0.1, -0.05) is 23.7 Å². The lowest BCUT2D eigenvalue weighted by Gasteiger charge is -2.29. The number of ether oxygens (including phenoxy) is 1. The average molecular weight is 340 g/mol. The minimum absolute atomic E-state index is 0.0898. The summed E-state index contributed by atoms with van der Waals surface area (Å²) in [5.74, 6) is 1.24. The van der Waals surface area contributed by atoms with Gasteiger partial charge in [-0.3, -0.25) is 4.79 Å². The summed E-state index contributed by atoms with van der Waals surface area (Å²) in [6.07, 6.45) is 0.397. The monoisotopic (exact) mass is 339 g/mol. The van der Waals surface area contributed by atoms with Crippen LogP contribution in [0, 0.1) is 0 Å². The normalized spacial score (nSPS) is 13.9. The SMILES string of the molecule is COc1ccc2c(c1)C(=O)CCN2c1nc(Cl)c2ccccc2n1. The maximum atomic E-state index is 12.3.